The smallest absolute Gasteiger partial charge is 0.224 e. The predicted octanol–water partition coefficient (Wildman–Crippen LogP) is 7.02. The third-order valence-electron chi connectivity index (χ3n) is 6.23. The molecule has 0 spiro atoms. The highest BCUT2D eigenvalue weighted by molar-refractivity contribution is 8.76. The zero-order valence-electron chi connectivity index (χ0n) is 24.0. The molecule has 0 aromatic heterocycles. The van der Waals surface area contributed by atoms with Crippen molar-refractivity contribution in [3.05, 3.63) is 11.8 Å². The predicted molar refractivity (Wildman–Crippen MR) is 156 cm³/mol. The Labute approximate surface area is 224 Å². The number of hydrogen-bond acceptors (Lipinski definition) is 6. The minimum Gasteiger partial charge on any atom is -0.491 e. The van der Waals surface area contributed by atoms with Crippen LogP contribution >= 0.6 is 21.6 Å². The van der Waals surface area contributed by atoms with Crippen LogP contribution in [0.3, 0.4) is 0 Å². The average Bonchev–Trinajstić information content (AvgIpc) is 3.28. The minimum atomic E-state index is -0.228. The van der Waals surface area contributed by atoms with Crippen LogP contribution in [-0.2, 0) is 14.3 Å². The molecule has 206 valence electrons. The van der Waals surface area contributed by atoms with Crippen molar-refractivity contribution in [2.45, 2.75) is 112 Å². The Morgan fingerprint density at radius 2 is 1.71 bits per heavy atom. The molecule has 1 aliphatic rings. The highest BCUT2D eigenvalue weighted by Crippen LogP contribution is 2.38. The number of carbonyl (C=O) groups is 2. The summed E-state index contributed by atoms with van der Waals surface area (Å²) >= 11 is 0. The molecule has 1 saturated carbocycles. The lowest BCUT2D eigenvalue weighted by Gasteiger charge is -2.28. The standard InChI is InChI=1S/C26H48N2O3S2.C2H6/c1-8-9-12-23(31-25(4,5)6)22(27-7)18-33-32-17-21(20(2)3)24(30)28-16-15-26(19-29)13-10-11-14-26;1-2/h12,19-22,27H,8-11,13-18H2,1-7H3,(H,28,30);1-2H3/b23-12+;. The van der Waals surface area contributed by atoms with Gasteiger partial charge in [-0.25, -0.2) is 0 Å². The van der Waals surface area contributed by atoms with Crippen LogP contribution in [0.15, 0.2) is 11.8 Å². The lowest BCUT2D eigenvalue weighted by Crippen LogP contribution is -2.37. The fraction of sp³-hybridized carbons (Fsp3) is 0.857. The molecule has 0 aromatic rings. The van der Waals surface area contributed by atoms with Crippen molar-refractivity contribution in [1.82, 2.24) is 10.6 Å². The molecule has 0 aromatic carbocycles. The zero-order chi connectivity index (χ0) is 26.9. The molecule has 0 saturated heterocycles. The summed E-state index contributed by atoms with van der Waals surface area (Å²) in [6.07, 6.45) is 10.4. The average molecular weight is 531 g/mol. The summed E-state index contributed by atoms with van der Waals surface area (Å²) in [6.45, 7) is 17.2. The van der Waals surface area contributed by atoms with E-state index in [-0.39, 0.29) is 34.8 Å². The Bertz CT molecular complexity index is 612. The van der Waals surface area contributed by atoms with E-state index < -0.39 is 0 Å². The normalized spacial score (nSPS) is 17.4. The van der Waals surface area contributed by atoms with Gasteiger partial charge in [-0.05, 0) is 65.5 Å². The summed E-state index contributed by atoms with van der Waals surface area (Å²) in [5.41, 5.74) is -0.431. The van der Waals surface area contributed by atoms with Gasteiger partial charge in [0.15, 0.2) is 0 Å². The summed E-state index contributed by atoms with van der Waals surface area (Å²) in [7, 11) is 5.53. The topological polar surface area (TPSA) is 67.4 Å². The van der Waals surface area contributed by atoms with Gasteiger partial charge in [0, 0.05) is 23.5 Å². The van der Waals surface area contributed by atoms with Crippen LogP contribution in [0.1, 0.15) is 100 Å². The largest absolute Gasteiger partial charge is 0.491 e. The van der Waals surface area contributed by atoms with Crippen molar-refractivity contribution in [3.63, 3.8) is 0 Å². The second kappa shape index (κ2) is 18.6. The van der Waals surface area contributed by atoms with Crippen LogP contribution < -0.4 is 10.6 Å². The Morgan fingerprint density at radius 3 is 2.20 bits per heavy atom. The third kappa shape index (κ3) is 14.0. The van der Waals surface area contributed by atoms with E-state index in [9.17, 15) is 9.59 Å². The van der Waals surface area contributed by atoms with E-state index in [4.69, 9.17) is 4.74 Å². The molecule has 0 bridgehead atoms. The van der Waals surface area contributed by atoms with Crippen LogP contribution in [0, 0.1) is 17.3 Å². The van der Waals surface area contributed by atoms with Crippen molar-refractivity contribution in [2.75, 3.05) is 25.1 Å². The van der Waals surface area contributed by atoms with Gasteiger partial charge >= 0.3 is 0 Å². The Hall–Kier alpha value is -0.660. The van der Waals surface area contributed by atoms with E-state index in [1.165, 1.54) is 0 Å². The van der Waals surface area contributed by atoms with Crippen LogP contribution in [0.4, 0.5) is 0 Å². The van der Waals surface area contributed by atoms with Gasteiger partial charge < -0.3 is 20.2 Å². The Balaban J connectivity index is 0.00000562. The first kappa shape index (κ1) is 34.3. The number of hydrogen-bond donors (Lipinski definition) is 2. The first-order chi connectivity index (χ1) is 16.6. The first-order valence-electron chi connectivity index (χ1n) is 13.6. The summed E-state index contributed by atoms with van der Waals surface area (Å²) in [5, 5.41) is 6.51. The maximum absolute atomic E-state index is 12.9. The van der Waals surface area contributed by atoms with Crippen LogP contribution in [0.5, 0.6) is 0 Å². The molecule has 1 rings (SSSR count). The second-order valence-electron chi connectivity index (χ2n) is 10.6. The van der Waals surface area contributed by atoms with E-state index in [2.05, 4.69) is 58.3 Å². The van der Waals surface area contributed by atoms with Crippen LogP contribution in [-0.4, -0.2) is 48.9 Å². The fourth-order valence-electron chi connectivity index (χ4n) is 4.08. The number of aldehydes is 1. The summed E-state index contributed by atoms with van der Waals surface area (Å²) in [5.74, 6) is 3.01. The van der Waals surface area contributed by atoms with Gasteiger partial charge in [0.2, 0.25) is 5.91 Å². The van der Waals surface area contributed by atoms with Gasteiger partial charge in [-0.3, -0.25) is 4.79 Å². The molecular weight excluding hydrogens is 476 g/mol. The van der Waals surface area contributed by atoms with Crippen molar-refractivity contribution in [2.24, 2.45) is 17.3 Å². The minimum absolute atomic E-state index is 0.0350. The summed E-state index contributed by atoms with van der Waals surface area (Å²) in [6, 6.07) is 0.144. The molecule has 7 heteroatoms. The lowest BCUT2D eigenvalue weighted by molar-refractivity contribution is -0.126. The number of allylic oxidation sites excluding steroid dienone is 1. The van der Waals surface area contributed by atoms with Gasteiger partial charge in [0.25, 0.3) is 0 Å². The molecule has 1 amide bonds. The molecular formula is C28H54N2O3S2. The van der Waals surface area contributed by atoms with Crippen molar-refractivity contribution < 1.29 is 14.3 Å². The molecule has 2 atom stereocenters. The number of carbonyl (C=O) groups excluding carboxylic acids is 2. The molecule has 0 heterocycles. The van der Waals surface area contributed by atoms with E-state index in [0.29, 0.717) is 6.54 Å². The number of rotatable bonds is 16. The molecule has 2 N–H and O–H groups in total. The molecule has 35 heavy (non-hydrogen) atoms. The first-order valence-corrected chi connectivity index (χ1v) is 16.1. The highest BCUT2D eigenvalue weighted by Gasteiger charge is 2.33. The third-order valence-corrected chi connectivity index (χ3v) is 8.68. The van der Waals surface area contributed by atoms with E-state index >= 15 is 0 Å². The molecule has 5 nitrogen and oxygen atoms in total. The molecule has 2 unspecified atom stereocenters. The maximum atomic E-state index is 12.9. The second-order valence-corrected chi connectivity index (χ2v) is 13.2. The van der Waals surface area contributed by atoms with E-state index in [1.807, 2.05) is 20.9 Å². The molecule has 0 aliphatic heterocycles. The van der Waals surface area contributed by atoms with Gasteiger partial charge in [0.1, 0.15) is 17.6 Å². The molecule has 0 radical (unpaired) electrons. The van der Waals surface area contributed by atoms with Crippen molar-refractivity contribution in [1.29, 1.82) is 0 Å². The summed E-state index contributed by atoms with van der Waals surface area (Å²) in [4.78, 5) is 24.4. The number of likely N-dealkylation sites (N-methyl/N-ethyl adjacent to an activating group) is 1. The Morgan fingerprint density at radius 1 is 1.11 bits per heavy atom. The van der Waals surface area contributed by atoms with Crippen LogP contribution in [0.2, 0.25) is 0 Å². The van der Waals surface area contributed by atoms with Gasteiger partial charge in [-0.1, -0.05) is 75.5 Å². The van der Waals surface area contributed by atoms with Gasteiger partial charge in [-0.2, -0.15) is 0 Å². The fourth-order valence-corrected chi connectivity index (χ4v) is 6.85. The van der Waals surface area contributed by atoms with Crippen molar-refractivity contribution >= 4 is 33.8 Å². The van der Waals surface area contributed by atoms with E-state index in [1.54, 1.807) is 21.6 Å². The maximum Gasteiger partial charge on any atom is 0.224 e. The van der Waals surface area contributed by atoms with Crippen LogP contribution in [0.25, 0.3) is 0 Å². The van der Waals surface area contributed by atoms with Gasteiger partial charge in [0.05, 0.1) is 12.0 Å². The molecule has 1 aliphatic carbocycles. The number of amides is 1. The lowest BCUT2D eigenvalue weighted by atomic mass is 9.84. The van der Waals surface area contributed by atoms with E-state index in [0.717, 1.165) is 68.5 Å². The van der Waals surface area contributed by atoms with Crippen molar-refractivity contribution in [3.8, 4) is 0 Å². The number of nitrogens with one attached hydrogen (secondary N) is 2. The Kier molecular flexibility index (Phi) is 18.2. The molecule has 1 fully saturated rings. The monoisotopic (exact) mass is 530 g/mol. The zero-order valence-corrected chi connectivity index (χ0v) is 25.6. The summed E-state index contributed by atoms with van der Waals surface area (Å²) < 4.78 is 6.24. The van der Waals surface area contributed by atoms with Gasteiger partial charge in [-0.15, -0.1) is 0 Å². The quantitative estimate of drug-likeness (QED) is 0.0967. The SMILES string of the molecule is CC.CCC/C=C(/OC(C)(C)C)C(CSSCC(C(=O)NCCC1(C=O)CCCC1)C(C)C)NC. The number of unbranched alkanes of at least 4 members (excludes halogenated alkanes) is 1. The number of ether oxygens (including phenoxy) is 1. The highest BCUT2D eigenvalue weighted by atomic mass is 33.1.